The molecule has 0 radical (unpaired) electrons. The van der Waals surface area contributed by atoms with Gasteiger partial charge < -0.3 is 9.30 Å². The zero-order chi connectivity index (χ0) is 30.1. The SMILES string of the molecule is CCOC(=O)C1=C(c2ccccc2)N=c2s/c(=C/c3cc(C)n(-c4cccnc4)c3C)c(=O)n2[C@@H]1c1ccc(SC)cc1. The molecule has 7 nitrogen and oxygen atoms in total. The Kier molecular flexibility index (Phi) is 8.01. The van der Waals surface area contributed by atoms with Crippen molar-refractivity contribution in [2.45, 2.75) is 31.7 Å². The fourth-order valence-electron chi connectivity index (χ4n) is 5.50. The summed E-state index contributed by atoms with van der Waals surface area (Å²) in [6.07, 6.45) is 7.50. The van der Waals surface area contributed by atoms with E-state index in [-0.39, 0.29) is 12.2 Å². The second-order valence-corrected chi connectivity index (χ2v) is 12.0. The number of hydrogen-bond acceptors (Lipinski definition) is 7. The molecule has 43 heavy (non-hydrogen) atoms. The summed E-state index contributed by atoms with van der Waals surface area (Å²) >= 11 is 2.96. The van der Waals surface area contributed by atoms with E-state index in [2.05, 4.69) is 15.6 Å². The molecule has 0 bridgehead atoms. The van der Waals surface area contributed by atoms with E-state index in [9.17, 15) is 9.59 Å². The predicted molar refractivity (Wildman–Crippen MR) is 172 cm³/mol. The number of aryl methyl sites for hydroxylation is 1. The van der Waals surface area contributed by atoms with E-state index in [4.69, 9.17) is 9.73 Å². The highest BCUT2D eigenvalue weighted by Gasteiger charge is 2.35. The predicted octanol–water partition coefficient (Wildman–Crippen LogP) is 5.46. The Morgan fingerprint density at radius 3 is 2.51 bits per heavy atom. The first-order chi connectivity index (χ1) is 20.9. The fourth-order valence-corrected chi connectivity index (χ4v) is 6.90. The van der Waals surface area contributed by atoms with Gasteiger partial charge in [0.15, 0.2) is 4.80 Å². The molecule has 1 aliphatic rings. The van der Waals surface area contributed by atoms with Crippen molar-refractivity contribution in [3.63, 3.8) is 0 Å². The van der Waals surface area contributed by atoms with Crippen molar-refractivity contribution in [3.05, 3.63) is 139 Å². The van der Waals surface area contributed by atoms with Crippen LogP contribution in [0.3, 0.4) is 0 Å². The Morgan fingerprint density at radius 2 is 1.84 bits per heavy atom. The summed E-state index contributed by atoms with van der Waals surface area (Å²) in [5.74, 6) is -0.488. The number of benzene rings is 2. The van der Waals surface area contributed by atoms with Gasteiger partial charge in [0, 0.05) is 28.0 Å². The molecule has 0 fully saturated rings. The van der Waals surface area contributed by atoms with Crippen LogP contribution in [0.1, 0.15) is 41.0 Å². The maximum absolute atomic E-state index is 14.3. The Balaban J connectivity index is 1.60. The first kappa shape index (κ1) is 28.6. The second-order valence-electron chi connectivity index (χ2n) is 10.1. The number of pyridine rings is 1. The van der Waals surface area contributed by atoms with Crippen molar-refractivity contribution in [1.29, 1.82) is 0 Å². The summed E-state index contributed by atoms with van der Waals surface area (Å²) < 4.78 is 9.87. The third kappa shape index (κ3) is 5.30. The number of nitrogens with zero attached hydrogens (tertiary/aromatic N) is 4. The molecule has 0 saturated carbocycles. The first-order valence-electron chi connectivity index (χ1n) is 13.9. The number of thiazole rings is 1. The minimum absolute atomic E-state index is 0.206. The number of carbonyl (C=O) groups is 1. The molecule has 4 heterocycles. The molecule has 1 aliphatic heterocycles. The molecule has 6 rings (SSSR count). The van der Waals surface area contributed by atoms with E-state index in [1.807, 2.05) is 99.1 Å². The van der Waals surface area contributed by atoms with Gasteiger partial charge in [-0.15, -0.1) is 11.8 Å². The van der Waals surface area contributed by atoms with Gasteiger partial charge in [0.25, 0.3) is 5.56 Å². The highest BCUT2D eigenvalue weighted by Crippen LogP contribution is 2.35. The van der Waals surface area contributed by atoms with Crippen LogP contribution in [0, 0.1) is 13.8 Å². The molecule has 0 amide bonds. The van der Waals surface area contributed by atoms with Crippen LogP contribution in [0.4, 0.5) is 0 Å². The fraction of sp³-hybridized carbons (Fsp3) is 0.176. The van der Waals surface area contributed by atoms with Crippen LogP contribution in [0.15, 0.2) is 105 Å². The number of carbonyl (C=O) groups excluding carboxylic acids is 1. The van der Waals surface area contributed by atoms with Crippen LogP contribution >= 0.6 is 23.1 Å². The number of rotatable bonds is 7. The molecule has 1 atom stereocenters. The topological polar surface area (TPSA) is 78.5 Å². The quantitative estimate of drug-likeness (QED) is 0.182. The lowest BCUT2D eigenvalue weighted by molar-refractivity contribution is -0.138. The lowest BCUT2D eigenvalue weighted by Gasteiger charge is -2.26. The lowest BCUT2D eigenvalue weighted by Crippen LogP contribution is -2.40. The summed E-state index contributed by atoms with van der Waals surface area (Å²) in [5, 5.41) is 0. The van der Waals surface area contributed by atoms with E-state index in [1.165, 1.54) is 11.3 Å². The summed E-state index contributed by atoms with van der Waals surface area (Å²) in [6.45, 7) is 6.06. The van der Waals surface area contributed by atoms with Gasteiger partial charge in [-0.05, 0) is 74.6 Å². The van der Waals surface area contributed by atoms with Crippen LogP contribution in [0.25, 0.3) is 17.5 Å². The second kappa shape index (κ2) is 12.0. The Bertz CT molecular complexity index is 2020. The average molecular weight is 607 g/mol. The molecule has 0 saturated heterocycles. The molecule has 2 aromatic carbocycles. The molecule has 3 aromatic heterocycles. The monoisotopic (exact) mass is 606 g/mol. The maximum Gasteiger partial charge on any atom is 0.338 e. The van der Waals surface area contributed by atoms with Gasteiger partial charge in [0.05, 0.1) is 40.3 Å². The summed E-state index contributed by atoms with van der Waals surface area (Å²) in [5.41, 5.74) is 6.17. The van der Waals surface area contributed by atoms with Gasteiger partial charge in [-0.2, -0.15) is 0 Å². The normalized spacial score (nSPS) is 14.9. The number of thioether (sulfide) groups is 1. The van der Waals surface area contributed by atoms with Crippen molar-refractivity contribution >= 4 is 40.8 Å². The molecule has 216 valence electrons. The Hall–Kier alpha value is -4.47. The maximum atomic E-state index is 14.3. The third-order valence-electron chi connectivity index (χ3n) is 7.47. The standard InChI is InChI=1S/C34H30N4O3S2/c1-5-41-33(40)29-30(23-10-7-6-8-11-23)36-34-38(31(29)24-13-15-27(42-4)16-14-24)32(39)28(43-34)19-25-18-21(2)37(22(25)3)26-12-9-17-35-20-26/h6-20,31H,5H2,1-4H3/b28-19+/t31-/m1/s1. The van der Waals surface area contributed by atoms with E-state index >= 15 is 0 Å². The zero-order valence-electron chi connectivity index (χ0n) is 24.3. The van der Waals surface area contributed by atoms with Gasteiger partial charge >= 0.3 is 5.97 Å². The molecule has 9 heteroatoms. The molecular formula is C34H30N4O3S2. The third-order valence-corrected chi connectivity index (χ3v) is 9.19. The average Bonchev–Trinajstić information content (AvgIpc) is 3.50. The van der Waals surface area contributed by atoms with Crippen LogP contribution in [0.5, 0.6) is 0 Å². The van der Waals surface area contributed by atoms with Crippen LogP contribution in [-0.4, -0.2) is 33.0 Å². The van der Waals surface area contributed by atoms with E-state index in [0.29, 0.717) is 20.6 Å². The van der Waals surface area contributed by atoms with E-state index < -0.39 is 12.0 Å². The Labute approximate surface area is 257 Å². The summed E-state index contributed by atoms with van der Waals surface area (Å²) in [4.78, 5) is 38.7. The van der Waals surface area contributed by atoms with Gasteiger partial charge in [-0.25, -0.2) is 9.79 Å². The largest absolute Gasteiger partial charge is 0.463 e. The number of aromatic nitrogens is 3. The van der Waals surface area contributed by atoms with Crippen LogP contribution in [0.2, 0.25) is 0 Å². The van der Waals surface area contributed by atoms with Gasteiger partial charge in [0.2, 0.25) is 0 Å². The highest BCUT2D eigenvalue weighted by atomic mass is 32.2. The number of esters is 1. The Morgan fingerprint density at radius 1 is 1.07 bits per heavy atom. The molecule has 5 aromatic rings. The highest BCUT2D eigenvalue weighted by molar-refractivity contribution is 7.98. The van der Waals surface area contributed by atoms with Gasteiger partial charge in [0.1, 0.15) is 0 Å². The summed E-state index contributed by atoms with van der Waals surface area (Å²) in [7, 11) is 0. The number of ether oxygens (including phenoxy) is 1. The van der Waals surface area contributed by atoms with Crippen molar-refractivity contribution in [1.82, 2.24) is 14.1 Å². The van der Waals surface area contributed by atoms with Crippen molar-refractivity contribution in [2.75, 3.05) is 12.9 Å². The van der Waals surface area contributed by atoms with E-state index in [1.54, 1.807) is 29.4 Å². The smallest absolute Gasteiger partial charge is 0.338 e. The van der Waals surface area contributed by atoms with Gasteiger partial charge in [-0.3, -0.25) is 14.3 Å². The lowest BCUT2D eigenvalue weighted by atomic mass is 9.93. The minimum Gasteiger partial charge on any atom is -0.463 e. The number of hydrogen-bond donors (Lipinski definition) is 0. The van der Waals surface area contributed by atoms with Crippen molar-refractivity contribution in [2.24, 2.45) is 4.99 Å². The van der Waals surface area contributed by atoms with Crippen LogP contribution < -0.4 is 14.9 Å². The van der Waals surface area contributed by atoms with E-state index in [0.717, 1.165) is 38.7 Å². The van der Waals surface area contributed by atoms with Crippen LogP contribution in [-0.2, 0) is 9.53 Å². The van der Waals surface area contributed by atoms with Crippen molar-refractivity contribution in [3.8, 4) is 5.69 Å². The zero-order valence-corrected chi connectivity index (χ0v) is 25.9. The van der Waals surface area contributed by atoms with Gasteiger partial charge in [-0.1, -0.05) is 53.8 Å². The minimum atomic E-state index is -0.702. The molecule has 0 aliphatic carbocycles. The molecule has 0 N–H and O–H groups in total. The molecule has 0 spiro atoms. The summed E-state index contributed by atoms with van der Waals surface area (Å²) in [6, 6.07) is 22.8. The number of fused-ring (bicyclic) bond motifs is 1. The van der Waals surface area contributed by atoms with Crippen molar-refractivity contribution < 1.29 is 9.53 Å². The molecule has 0 unspecified atom stereocenters. The molecular weight excluding hydrogens is 577 g/mol. The first-order valence-corrected chi connectivity index (χ1v) is 16.0.